The molecule has 4 heteroatoms. The number of likely N-dealkylation sites (tertiary alicyclic amines) is 1. The van der Waals surface area contributed by atoms with Crippen LogP contribution >= 0.6 is 0 Å². The second kappa shape index (κ2) is 7.47. The minimum absolute atomic E-state index is 0.157. The van der Waals surface area contributed by atoms with Crippen LogP contribution in [0.2, 0.25) is 0 Å². The maximum Gasteiger partial charge on any atom is 0.219 e. The van der Waals surface area contributed by atoms with Crippen molar-refractivity contribution in [2.75, 3.05) is 13.1 Å². The fourth-order valence-electron chi connectivity index (χ4n) is 3.48. The molecule has 126 valence electrons. The zero-order chi connectivity index (χ0) is 16.9. The molecule has 24 heavy (non-hydrogen) atoms. The Hall–Kier alpha value is -2.36. The van der Waals surface area contributed by atoms with Gasteiger partial charge in [0.15, 0.2) is 5.78 Å². The van der Waals surface area contributed by atoms with Gasteiger partial charge in [0.2, 0.25) is 5.91 Å². The fourth-order valence-corrected chi connectivity index (χ4v) is 3.48. The van der Waals surface area contributed by atoms with Gasteiger partial charge in [-0.05, 0) is 42.4 Å². The van der Waals surface area contributed by atoms with Crippen molar-refractivity contribution in [2.45, 2.75) is 32.6 Å². The van der Waals surface area contributed by atoms with Crippen LogP contribution in [0.1, 0.15) is 43.0 Å². The average molecular weight is 324 g/mol. The van der Waals surface area contributed by atoms with E-state index in [-0.39, 0.29) is 11.7 Å². The molecule has 0 unspecified atom stereocenters. The number of ketones is 1. The molecule has 0 bridgehead atoms. The van der Waals surface area contributed by atoms with Crippen molar-refractivity contribution in [3.05, 3.63) is 48.3 Å². The van der Waals surface area contributed by atoms with Gasteiger partial charge in [-0.2, -0.15) is 0 Å². The minimum Gasteiger partial charge on any atom is -0.367 e. The monoisotopic (exact) mass is 324 g/mol. The molecule has 4 nitrogen and oxygen atoms in total. The van der Waals surface area contributed by atoms with Gasteiger partial charge < -0.3 is 9.88 Å². The second-order valence-electron chi connectivity index (χ2n) is 6.56. The van der Waals surface area contributed by atoms with E-state index in [1.807, 2.05) is 47.6 Å². The lowest BCUT2D eigenvalue weighted by Crippen LogP contribution is -2.37. The van der Waals surface area contributed by atoms with Crippen LogP contribution in [0.25, 0.3) is 11.1 Å². The molecule has 0 radical (unpaired) electrons. The van der Waals surface area contributed by atoms with Crippen molar-refractivity contribution in [3.63, 3.8) is 0 Å². The first-order valence-electron chi connectivity index (χ1n) is 8.66. The molecule has 2 aromatic rings. The Labute approximate surface area is 142 Å². The summed E-state index contributed by atoms with van der Waals surface area (Å²) in [6.07, 6.45) is 7.29. The largest absolute Gasteiger partial charge is 0.367 e. The quantitative estimate of drug-likeness (QED) is 0.848. The summed E-state index contributed by atoms with van der Waals surface area (Å²) in [4.78, 5) is 29.0. The Bertz CT molecular complexity index is 698. The van der Waals surface area contributed by atoms with E-state index in [2.05, 4.69) is 4.98 Å². The standard InChI is InChI=1S/C20H24N2O2/c1-15(23)22-12-9-16(10-13-22)6-7-20(24)19-5-3-2-4-18(19)17-8-11-21-14-17/h2-5,8,11,14,16,21H,6-7,9-10,12-13H2,1H3. The molecule has 1 aliphatic heterocycles. The van der Waals surface area contributed by atoms with E-state index in [1.165, 1.54) is 0 Å². The third-order valence-electron chi connectivity index (χ3n) is 4.98. The predicted molar refractivity (Wildman–Crippen MR) is 94.8 cm³/mol. The summed E-state index contributed by atoms with van der Waals surface area (Å²) in [6, 6.07) is 9.81. The molecule has 1 N–H and O–H groups in total. The molecule has 1 aromatic carbocycles. The van der Waals surface area contributed by atoms with Gasteiger partial charge in [-0.3, -0.25) is 9.59 Å². The molecule has 0 saturated carbocycles. The Balaban J connectivity index is 1.60. The highest BCUT2D eigenvalue weighted by Crippen LogP contribution is 2.27. The number of carbonyl (C=O) groups is 2. The number of amides is 1. The van der Waals surface area contributed by atoms with Gasteiger partial charge in [0.1, 0.15) is 0 Å². The highest BCUT2D eigenvalue weighted by atomic mass is 16.2. The summed E-state index contributed by atoms with van der Waals surface area (Å²) in [7, 11) is 0. The molecule has 1 saturated heterocycles. The van der Waals surface area contributed by atoms with Gasteiger partial charge in [-0.1, -0.05) is 24.3 Å². The summed E-state index contributed by atoms with van der Waals surface area (Å²) in [5.41, 5.74) is 2.85. The average Bonchev–Trinajstić information content (AvgIpc) is 3.14. The third-order valence-corrected chi connectivity index (χ3v) is 4.98. The van der Waals surface area contributed by atoms with E-state index >= 15 is 0 Å². The number of nitrogens with one attached hydrogen (secondary N) is 1. The maximum atomic E-state index is 12.7. The summed E-state index contributed by atoms with van der Waals surface area (Å²) >= 11 is 0. The number of aromatic nitrogens is 1. The van der Waals surface area contributed by atoms with E-state index in [4.69, 9.17) is 0 Å². The molecule has 0 atom stereocenters. The SMILES string of the molecule is CC(=O)N1CCC(CCC(=O)c2ccccc2-c2cc[nH]c2)CC1. The Morgan fingerprint density at radius 2 is 1.92 bits per heavy atom. The summed E-state index contributed by atoms with van der Waals surface area (Å²) in [6.45, 7) is 3.28. The molecule has 1 aliphatic rings. The lowest BCUT2D eigenvalue weighted by molar-refractivity contribution is -0.130. The molecule has 2 heterocycles. The van der Waals surface area contributed by atoms with Crippen LogP contribution in [-0.4, -0.2) is 34.7 Å². The highest BCUT2D eigenvalue weighted by molar-refractivity contribution is 6.02. The molecule has 1 aromatic heterocycles. The van der Waals surface area contributed by atoms with Crippen LogP contribution in [0.15, 0.2) is 42.7 Å². The molecule has 3 rings (SSSR count). The second-order valence-corrected chi connectivity index (χ2v) is 6.56. The van der Waals surface area contributed by atoms with E-state index in [9.17, 15) is 9.59 Å². The number of rotatable bonds is 5. The van der Waals surface area contributed by atoms with E-state index < -0.39 is 0 Å². The number of nitrogens with zero attached hydrogens (tertiary/aromatic N) is 1. The van der Waals surface area contributed by atoms with Crippen molar-refractivity contribution < 1.29 is 9.59 Å². The van der Waals surface area contributed by atoms with Gasteiger partial charge in [-0.25, -0.2) is 0 Å². The van der Waals surface area contributed by atoms with E-state index in [1.54, 1.807) is 6.92 Å². The van der Waals surface area contributed by atoms with Gasteiger partial charge in [0.25, 0.3) is 0 Å². The van der Waals surface area contributed by atoms with Crippen molar-refractivity contribution >= 4 is 11.7 Å². The molecule has 0 aliphatic carbocycles. The number of piperidine rings is 1. The highest BCUT2D eigenvalue weighted by Gasteiger charge is 2.22. The van der Waals surface area contributed by atoms with Crippen molar-refractivity contribution in [3.8, 4) is 11.1 Å². The first-order chi connectivity index (χ1) is 11.6. The fraction of sp³-hybridized carbons (Fsp3) is 0.400. The van der Waals surface area contributed by atoms with E-state index in [0.29, 0.717) is 12.3 Å². The summed E-state index contributed by atoms with van der Waals surface area (Å²) in [5.74, 6) is 0.912. The smallest absolute Gasteiger partial charge is 0.219 e. The molecule has 1 amide bonds. The van der Waals surface area contributed by atoms with Crippen LogP contribution in [0.3, 0.4) is 0 Å². The van der Waals surface area contributed by atoms with Gasteiger partial charge >= 0.3 is 0 Å². The first kappa shape index (κ1) is 16.5. The number of hydrogen-bond donors (Lipinski definition) is 1. The van der Waals surface area contributed by atoms with Crippen LogP contribution in [0, 0.1) is 5.92 Å². The number of H-pyrrole nitrogens is 1. The van der Waals surface area contributed by atoms with Gasteiger partial charge in [0, 0.05) is 44.4 Å². The Morgan fingerprint density at radius 1 is 1.17 bits per heavy atom. The zero-order valence-corrected chi connectivity index (χ0v) is 14.1. The van der Waals surface area contributed by atoms with Crippen molar-refractivity contribution in [1.82, 2.24) is 9.88 Å². The lowest BCUT2D eigenvalue weighted by atomic mass is 9.89. The van der Waals surface area contributed by atoms with Crippen molar-refractivity contribution in [1.29, 1.82) is 0 Å². The number of Topliss-reactive ketones (excluding diaryl/α,β-unsaturated/α-hetero) is 1. The number of benzene rings is 1. The number of hydrogen-bond acceptors (Lipinski definition) is 2. The van der Waals surface area contributed by atoms with Gasteiger partial charge in [-0.15, -0.1) is 0 Å². The van der Waals surface area contributed by atoms with Crippen LogP contribution in [0.5, 0.6) is 0 Å². The molecule has 1 fully saturated rings. The topological polar surface area (TPSA) is 53.2 Å². The van der Waals surface area contributed by atoms with Crippen LogP contribution in [0.4, 0.5) is 0 Å². The normalized spacial score (nSPS) is 15.5. The molecule has 0 spiro atoms. The molecular weight excluding hydrogens is 300 g/mol. The minimum atomic E-state index is 0.157. The van der Waals surface area contributed by atoms with E-state index in [0.717, 1.165) is 49.0 Å². The predicted octanol–water partition coefficient (Wildman–Crippen LogP) is 3.90. The van der Waals surface area contributed by atoms with Crippen LogP contribution in [-0.2, 0) is 4.79 Å². The zero-order valence-electron chi connectivity index (χ0n) is 14.1. The Morgan fingerprint density at radius 3 is 2.58 bits per heavy atom. The maximum absolute atomic E-state index is 12.7. The number of carbonyl (C=O) groups excluding carboxylic acids is 2. The lowest BCUT2D eigenvalue weighted by Gasteiger charge is -2.31. The Kier molecular flexibility index (Phi) is 5.14. The third kappa shape index (κ3) is 3.75. The first-order valence-corrected chi connectivity index (χ1v) is 8.66. The number of aromatic amines is 1. The van der Waals surface area contributed by atoms with Crippen LogP contribution < -0.4 is 0 Å². The summed E-state index contributed by atoms with van der Waals surface area (Å²) in [5, 5.41) is 0. The molecular formula is C20H24N2O2. The van der Waals surface area contributed by atoms with Gasteiger partial charge in [0.05, 0.1) is 0 Å². The summed E-state index contributed by atoms with van der Waals surface area (Å²) < 4.78 is 0. The van der Waals surface area contributed by atoms with Crippen molar-refractivity contribution in [2.24, 2.45) is 5.92 Å².